The Morgan fingerprint density at radius 3 is 2.94 bits per heavy atom. The number of nitrogens with zero attached hydrogens (tertiary/aromatic N) is 1. The van der Waals surface area contributed by atoms with Crippen molar-refractivity contribution < 1.29 is 8.42 Å². The zero-order valence-electron chi connectivity index (χ0n) is 10.4. The molecule has 0 amide bonds. The fourth-order valence-electron chi connectivity index (χ4n) is 2.40. The first-order valence-corrected chi connectivity index (χ1v) is 7.67. The molecule has 0 spiro atoms. The molecule has 0 bridgehead atoms. The summed E-state index contributed by atoms with van der Waals surface area (Å²) in [6, 6.07) is 1.24. The summed E-state index contributed by atoms with van der Waals surface area (Å²) in [5.74, 6) is 0.424. The first kappa shape index (κ1) is 13.3. The summed E-state index contributed by atoms with van der Waals surface area (Å²) in [4.78, 5) is 14.1. The first-order valence-electron chi connectivity index (χ1n) is 6.23. The predicted octanol–water partition coefficient (Wildman–Crippen LogP) is 1.19. The lowest BCUT2D eigenvalue weighted by molar-refractivity contribution is 0.444. The average Bonchev–Trinajstić information content (AvgIpc) is 2.79. The van der Waals surface area contributed by atoms with Gasteiger partial charge in [-0.25, -0.2) is 8.42 Å². The smallest absolute Gasteiger partial charge is 0.248 e. The lowest BCUT2D eigenvalue weighted by Crippen LogP contribution is -2.32. The van der Waals surface area contributed by atoms with E-state index in [0.717, 1.165) is 19.3 Å². The molecule has 1 aromatic heterocycles. The van der Waals surface area contributed by atoms with Crippen molar-refractivity contribution in [2.24, 2.45) is 5.92 Å². The highest BCUT2D eigenvalue weighted by atomic mass is 32.2. The van der Waals surface area contributed by atoms with Gasteiger partial charge in [-0.1, -0.05) is 13.3 Å². The van der Waals surface area contributed by atoms with Gasteiger partial charge in [0.1, 0.15) is 4.90 Å². The number of hydrogen-bond acceptors (Lipinski definition) is 3. The number of aromatic amines is 1. The summed E-state index contributed by atoms with van der Waals surface area (Å²) in [5.41, 5.74) is -0.451. The molecule has 2 rings (SSSR count). The van der Waals surface area contributed by atoms with E-state index in [-0.39, 0.29) is 4.90 Å². The van der Waals surface area contributed by atoms with Crippen LogP contribution in [0.15, 0.2) is 28.2 Å². The van der Waals surface area contributed by atoms with Gasteiger partial charge >= 0.3 is 0 Å². The molecule has 1 N–H and O–H groups in total. The van der Waals surface area contributed by atoms with Gasteiger partial charge in [-0.3, -0.25) is 4.79 Å². The van der Waals surface area contributed by atoms with Crippen LogP contribution in [0.4, 0.5) is 0 Å². The summed E-state index contributed by atoms with van der Waals surface area (Å²) >= 11 is 0. The van der Waals surface area contributed by atoms with Gasteiger partial charge in [-0.15, -0.1) is 0 Å². The molecule has 0 aromatic carbocycles. The maximum absolute atomic E-state index is 12.3. The third-order valence-corrected chi connectivity index (χ3v) is 5.24. The van der Waals surface area contributed by atoms with E-state index in [0.29, 0.717) is 19.0 Å². The second-order valence-corrected chi connectivity index (χ2v) is 6.59. The van der Waals surface area contributed by atoms with Crippen LogP contribution in [0.5, 0.6) is 0 Å². The lowest BCUT2D eigenvalue weighted by atomic mass is 10.0. The topological polar surface area (TPSA) is 70.2 Å². The van der Waals surface area contributed by atoms with E-state index in [1.54, 1.807) is 0 Å². The van der Waals surface area contributed by atoms with Crippen LogP contribution in [0.25, 0.3) is 0 Å². The van der Waals surface area contributed by atoms with Crippen molar-refractivity contribution in [3.8, 4) is 0 Å². The highest BCUT2D eigenvalue weighted by molar-refractivity contribution is 7.89. The van der Waals surface area contributed by atoms with Gasteiger partial charge in [-0.05, 0) is 18.8 Å². The largest absolute Gasteiger partial charge is 0.366 e. The zero-order valence-corrected chi connectivity index (χ0v) is 11.2. The van der Waals surface area contributed by atoms with Gasteiger partial charge in [0.25, 0.3) is 0 Å². The number of aromatic nitrogens is 1. The van der Waals surface area contributed by atoms with Crippen molar-refractivity contribution in [1.29, 1.82) is 0 Å². The Hall–Kier alpha value is -1.14. The Morgan fingerprint density at radius 1 is 1.50 bits per heavy atom. The SMILES string of the molecule is CCCC1CCN(S(=O)(=O)c2c[nH]ccc2=O)C1. The molecular weight excluding hydrogens is 252 g/mol. The third kappa shape index (κ3) is 2.49. The monoisotopic (exact) mass is 270 g/mol. The average molecular weight is 270 g/mol. The fraction of sp³-hybridized carbons (Fsp3) is 0.583. The van der Waals surface area contributed by atoms with Crippen molar-refractivity contribution in [1.82, 2.24) is 9.29 Å². The standard InChI is InChI=1S/C12H18N2O3S/c1-2-3-10-5-7-14(9-10)18(16,17)12-8-13-6-4-11(12)15/h4,6,8,10H,2-3,5,7,9H2,1H3,(H,13,15). The molecule has 100 valence electrons. The summed E-state index contributed by atoms with van der Waals surface area (Å²) in [6.07, 6.45) is 5.69. The van der Waals surface area contributed by atoms with Crippen LogP contribution in [-0.4, -0.2) is 30.8 Å². The van der Waals surface area contributed by atoms with Crippen LogP contribution >= 0.6 is 0 Å². The van der Waals surface area contributed by atoms with Crippen LogP contribution in [-0.2, 0) is 10.0 Å². The quantitative estimate of drug-likeness (QED) is 0.893. The van der Waals surface area contributed by atoms with E-state index in [9.17, 15) is 13.2 Å². The maximum atomic E-state index is 12.3. The number of sulfonamides is 1. The van der Waals surface area contributed by atoms with Gasteiger partial charge in [0.15, 0.2) is 0 Å². The molecule has 2 heterocycles. The maximum Gasteiger partial charge on any atom is 0.248 e. The van der Waals surface area contributed by atoms with Gasteiger partial charge in [0, 0.05) is 31.5 Å². The van der Waals surface area contributed by atoms with Crippen LogP contribution in [0.1, 0.15) is 26.2 Å². The molecule has 6 heteroatoms. The minimum atomic E-state index is -3.63. The number of nitrogens with one attached hydrogen (secondary N) is 1. The predicted molar refractivity (Wildman–Crippen MR) is 68.8 cm³/mol. The van der Waals surface area contributed by atoms with Crippen molar-refractivity contribution in [3.05, 3.63) is 28.7 Å². The van der Waals surface area contributed by atoms with E-state index < -0.39 is 15.5 Å². The molecule has 1 fully saturated rings. The van der Waals surface area contributed by atoms with E-state index >= 15 is 0 Å². The molecular formula is C12H18N2O3S. The molecule has 1 atom stereocenters. The second-order valence-electron chi connectivity index (χ2n) is 4.68. The molecule has 0 radical (unpaired) electrons. The van der Waals surface area contributed by atoms with Crippen LogP contribution < -0.4 is 5.43 Å². The Bertz CT molecular complexity index is 565. The second kappa shape index (κ2) is 5.24. The minimum Gasteiger partial charge on any atom is -0.366 e. The van der Waals surface area contributed by atoms with E-state index in [4.69, 9.17) is 0 Å². The Balaban J connectivity index is 2.24. The number of hydrogen-bond donors (Lipinski definition) is 1. The van der Waals surface area contributed by atoms with Gasteiger partial charge in [0.2, 0.25) is 15.5 Å². The summed E-state index contributed by atoms with van der Waals surface area (Å²) in [7, 11) is -3.63. The van der Waals surface area contributed by atoms with E-state index in [1.807, 2.05) is 0 Å². The van der Waals surface area contributed by atoms with Gasteiger partial charge in [0.05, 0.1) is 0 Å². The third-order valence-electron chi connectivity index (χ3n) is 3.35. The summed E-state index contributed by atoms with van der Waals surface area (Å²) in [5, 5.41) is 0. The summed E-state index contributed by atoms with van der Waals surface area (Å²) < 4.78 is 26.1. The van der Waals surface area contributed by atoms with Crippen LogP contribution in [0.3, 0.4) is 0 Å². The molecule has 1 aliphatic heterocycles. The Kier molecular flexibility index (Phi) is 3.87. The lowest BCUT2D eigenvalue weighted by Gasteiger charge is -2.15. The summed E-state index contributed by atoms with van der Waals surface area (Å²) in [6.45, 7) is 3.14. The minimum absolute atomic E-state index is 0.151. The molecule has 1 aliphatic rings. The van der Waals surface area contributed by atoms with Gasteiger partial charge in [-0.2, -0.15) is 4.31 Å². The molecule has 5 nitrogen and oxygen atoms in total. The number of rotatable bonds is 4. The molecule has 0 aliphatic carbocycles. The van der Waals surface area contributed by atoms with Crippen molar-refractivity contribution in [2.45, 2.75) is 31.1 Å². The van der Waals surface area contributed by atoms with Crippen LogP contribution in [0.2, 0.25) is 0 Å². The molecule has 1 unspecified atom stereocenters. The van der Waals surface area contributed by atoms with E-state index in [1.165, 1.54) is 22.8 Å². The van der Waals surface area contributed by atoms with Gasteiger partial charge < -0.3 is 4.98 Å². The Morgan fingerprint density at radius 2 is 2.28 bits per heavy atom. The number of pyridine rings is 1. The molecule has 1 aromatic rings. The van der Waals surface area contributed by atoms with Crippen molar-refractivity contribution in [3.63, 3.8) is 0 Å². The molecule has 0 saturated carbocycles. The zero-order chi connectivity index (χ0) is 13.2. The van der Waals surface area contributed by atoms with E-state index in [2.05, 4.69) is 11.9 Å². The Labute approximate surface area is 107 Å². The molecule has 18 heavy (non-hydrogen) atoms. The highest BCUT2D eigenvalue weighted by Crippen LogP contribution is 2.25. The highest BCUT2D eigenvalue weighted by Gasteiger charge is 2.33. The molecule has 1 saturated heterocycles. The number of H-pyrrole nitrogens is 1. The van der Waals surface area contributed by atoms with Crippen molar-refractivity contribution >= 4 is 10.0 Å². The first-order chi connectivity index (χ1) is 8.55. The van der Waals surface area contributed by atoms with Crippen molar-refractivity contribution in [2.75, 3.05) is 13.1 Å². The normalized spacial score (nSPS) is 21.3. The van der Waals surface area contributed by atoms with Crippen LogP contribution in [0, 0.1) is 5.92 Å². The fourth-order valence-corrected chi connectivity index (χ4v) is 3.97.